The van der Waals surface area contributed by atoms with Crippen molar-refractivity contribution in [3.63, 3.8) is 0 Å². The molecule has 0 unspecified atom stereocenters. The molecule has 1 aromatic carbocycles. The van der Waals surface area contributed by atoms with Crippen molar-refractivity contribution in [2.75, 3.05) is 20.2 Å². The Labute approximate surface area is 116 Å². The average molecular weight is 262 g/mol. The number of benzene rings is 1. The van der Waals surface area contributed by atoms with Crippen molar-refractivity contribution in [2.45, 2.75) is 44.9 Å². The van der Waals surface area contributed by atoms with Crippen LogP contribution in [0.2, 0.25) is 0 Å². The van der Waals surface area contributed by atoms with Gasteiger partial charge in [-0.2, -0.15) is 0 Å². The topological polar surface area (TPSA) is 38.5 Å². The van der Waals surface area contributed by atoms with E-state index in [1.807, 2.05) is 0 Å². The van der Waals surface area contributed by atoms with Crippen LogP contribution in [0.5, 0.6) is 0 Å². The molecule has 0 bridgehead atoms. The molecule has 3 nitrogen and oxygen atoms in total. The number of nitrogens with zero attached hydrogens (tertiary/aromatic N) is 1. The molecule has 1 saturated carbocycles. The molecular formula is C16H26N2O. The van der Waals surface area contributed by atoms with Crippen LogP contribution in [-0.2, 0) is 11.3 Å². The van der Waals surface area contributed by atoms with E-state index in [2.05, 4.69) is 50.1 Å². The number of likely N-dealkylation sites (N-methyl/N-ethyl adjacent to an activating group) is 1. The van der Waals surface area contributed by atoms with E-state index in [1.54, 1.807) is 0 Å². The second-order valence-corrected chi connectivity index (χ2v) is 5.70. The van der Waals surface area contributed by atoms with Crippen molar-refractivity contribution < 1.29 is 4.74 Å². The molecule has 2 N–H and O–H groups in total. The Morgan fingerprint density at radius 2 is 2.05 bits per heavy atom. The molecule has 0 atom stereocenters. The highest BCUT2D eigenvalue weighted by molar-refractivity contribution is 5.25. The van der Waals surface area contributed by atoms with Crippen molar-refractivity contribution in [1.29, 1.82) is 0 Å². The van der Waals surface area contributed by atoms with Gasteiger partial charge in [0.1, 0.15) is 0 Å². The third-order valence-electron chi connectivity index (χ3n) is 4.48. The third-order valence-corrected chi connectivity index (χ3v) is 4.48. The zero-order valence-electron chi connectivity index (χ0n) is 12.4. The number of hydrogen-bond acceptors (Lipinski definition) is 3. The summed E-state index contributed by atoms with van der Waals surface area (Å²) in [7, 11) is 2.18. The number of hydrogen-bond donors (Lipinski definition) is 1. The molecule has 1 aliphatic carbocycles. The van der Waals surface area contributed by atoms with Crippen LogP contribution in [0.15, 0.2) is 24.3 Å². The molecule has 0 aliphatic heterocycles. The van der Waals surface area contributed by atoms with Crippen LogP contribution in [0, 0.1) is 6.92 Å². The molecule has 106 valence electrons. The largest absolute Gasteiger partial charge is 0.378 e. The second kappa shape index (κ2) is 6.04. The summed E-state index contributed by atoms with van der Waals surface area (Å²) < 4.78 is 5.68. The summed E-state index contributed by atoms with van der Waals surface area (Å²) in [5.41, 5.74) is 8.89. The van der Waals surface area contributed by atoms with Gasteiger partial charge in [-0.25, -0.2) is 0 Å². The van der Waals surface area contributed by atoms with Crippen LogP contribution in [-0.4, -0.2) is 36.7 Å². The predicted octanol–water partition coefficient (Wildman–Crippen LogP) is 2.32. The van der Waals surface area contributed by atoms with E-state index in [9.17, 15) is 0 Å². The molecule has 0 spiro atoms. The fraction of sp³-hybridized carbons (Fsp3) is 0.625. The Morgan fingerprint density at radius 1 is 1.37 bits per heavy atom. The van der Waals surface area contributed by atoms with E-state index >= 15 is 0 Å². The van der Waals surface area contributed by atoms with E-state index in [1.165, 1.54) is 11.1 Å². The summed E-state index contributed by atoms with van der Waals surface area (Å²) in [6, 6.07) is 8.57. The molecule has 1 fully saturated rings. The van der Waals surface area contributed by atoms with E-state index in [-0.39, 0.29) is 5.54 Å². The van der Waals surface area contributed by atoms with Gasteiger partial charge in [-0.3, -0.25) is 4.90 Å². The van der Waals surface area contributed by atoms with Gasteiger partial charge in [0.25, 0.3) is 0 Å². The molecule has 1 aliphatic rings. The molecule has 1 aromatic rings. The first kappa shape index (κ1) is 14.5. The fourth-order valence-corrected chi connectivity index (χ4v) is 2.99. The van der Waals surface area contributed by atoms with Gasteiger partial charge in [0.15, 0.2) is 0 Å². The summed E-state index contributed by atoms with van der Waals surface area (Å²) in [5, 5.41) is 0. The van der Waals surface area contributed by atoms with Crippen LogP contribution < -0.4 is 5.73 Å². The van der Waals surface area contributed by atoms with Crippen molar-refractivity contribution >= 4 is 0 Å². The Hall–Kier alpha value is -0.900. The maximum absolute atomic E-state index is 6.02. The van der Waals surface area contributed by atoms with Gasteiger partial charge >= 0.3 is 0 Å². The standard InChI is InChI=1S/C16H26N2O/c1-4-19-15-9-16(10-15,12-17)18(3)11-14-8-6-5-7-13(14)2/h5-8,15H,4,9-12,17H2,1-3H3. The van der Waals surface area contributed by atoms with Crippen molar-refractivity contribution in [3.8, 4) is 0 Å². The molecular weight excluding hydrogens is 236 g/mol. The zero-order chi connectivity index (χ0) is 13.9. The van der Waals surface area contributed by atoms with Crippen LogP contribution >= 0.6 is 0 Å². The highest BCUT2D eigenvalue weighted by atomic mass is 16.5. The van der Waals surface area contributed by atoms with Crippen LogP contribution in [0.25, 0.3) is 0 Å². The summed E-state index contributed by atoms with van der Waals surface area (Å²) in [6.45, 7) is 6.69. The first-order chi connectivity index (χ1) is 9.11. The minimum Gasteiger partial charge on any atom is -0.378 e. The predicted molar refractivity (Wildman–Crippen MR) is 79.1 cm³/mol. The number of nitrogens with two attached hydrogens (primary N) is 1. The van der Waals surface area contributed by atoms with Gasteiger partial charge in [-0.15, -0.1) is 0 Å². The minimum atomic E-state index is 0.127. The Balaban J connectivity index is 1.99. The van der Waals surface area contributed by atoms with Gasteiger partial charge in [-0.1, -0.05) is 24.3 Å². The van der Waals surface area contributed by atoms with Crippen LogP contribution in [0.4, 0.5) is 0 Å². The van der Waals surface area contributed by atoms with Crippen LogP contribution in [0.3, 0.4) is 0 Å². The summed E-state index contributed by atoms with van der Waals surface area (Å²) in [6.07, 6.45) is 2.51. The minimum absolute atomic E-state index is 0.127. The third kappa shape index (κ3) is 2.99. The van der Waals surface area contributed by atoms with E-state index < -0.39 is 0 Å². The monoisotopic (exact) mass is 262 g/mol. The highest BCUT2D eigenvalue weighted by Crippen LogP contribution is 2.39. The molecule has 19 heavy (non-hydrogen) atoms. The molecule has 0 radical (unpaired) electrons. The van der Waals surface area contributed by atoms with Gasteiger partial charge in [-0.05, 0) is 44.9 Å². The van der Waals surface area contributed by atoms with E-state index in [0.29, 0.717) is 12.6 Å². The Bertz CT molecular complexity index is 413. The Kier molecular flexibility index (Phi) is 4.61. The fourth-order valence-electron chi connectivity index (χ4n) is 2.99. The number of ether oxygens (including phenoxy) is 1. The SMILES string of the molecule is CCOC1CC(CN)(N(C)Cc2ccccc2C)C1. The van der Waals surface area contributed by atoms with Crippen molar-refractivity contribution in [2.24, 2.45) is 5.73 Å². The molecule has 3 heteroatoms. The first-order valence-corrected chi connectivity index (χ1v) is 7.18. The highest BCUT2D eigenvalue weighted by Gasteiger charge is 2.46. The number of rotatable bonds is 6. The summed E-state index contributed by atoms with van der Waals surface area (Å²) >= 11 is 0. The molecule has 0 heterocycles. The smallest absolute Gasteiger partial charge is 0.0611 e. The normalized spacial score (nSPS) is 26.5. The maximum Gasteiger partial charge on any atom is 0.0611 e. The second-order valence-electron chi connectivity index (χ2n) is 5.70. The lowest BCUT2D eigenvalue weighted by Crippen LogP contribution is -2.62. The summed E-state index contributed by atoms with van der Waals surface area (Å²) in [4.78, 5) is 2.41. The molecule has 2 rings (SSSR count). The summed E-state index contributed by atoms with van der Waals surface area (Å²) in [5.74, 6) is 0. The van der Waals surface area contributed by atoms with Gasteiger partial charge in [0.05, 0.1) is 6.10 Å². The lowest BCUT2D eigenvalue weighted by atomic mass is 9.72. The molecule has 0 saturated heterocycles. The van der Waals surface area contributed by atoms with Crippen LogP contribution in [0.1, 0.15) is 30.9 Å². The lowest BCUT2D eigenvalue weighted by molar-refractivity contribution is -0.0948. The van der Waals surface area contributed by atoms with Gasteiger partial charge in [0.2, 0.25) is 0 Å². The van der Waals surface area contributed by atoms with Crippen molar-refractivity contribution in [1.82, 2.24) is 4.90 Å². The average Bonchev–Trinajstić information content (AvgIpc) is 2.36. The molecule has 0 aromatic heterocycles. The quantitative estimate of drug-likeness (QED) is 0.855. The van der Waals surface area contributed by atoms with E-state index in [4.69, 9.17) is 10.5 Å². The maximum atomic E-state index is 6.02. The molecule has 0 amide bonds. The number of aryl methyl sites for hydroxylation is 1. The van der Waals surface area contributed by atoms with E-state index in [0.717, 1.165) is 26.0 Å². The van der Waals surface area contributed by atoms with Crippen molar-refractivity contribution in [3.05, 3.63) is 35.4 Å². The Morgan fingerprint density at radius 3 is 2.63 bits per heavy atom. The van der Waals surface area contributed by atoms with Gasteiger partial charge in [0, 0.05) is 25.2 Å². The first-order valence-electron chi connectivity index (χ1n) is 7.18. The zero-order valence-corrected chi connectivity index (χ0v) is 12.4. The van der Waals surface area contributed by atoms with Gasteiger partial charge < -0.3 is 10.5 Å². The lowest BCUT2D eigenvalue weighted by Gasteiger charge is -2.52.